The molecule has 0 saturated heterocycles. The fourth-order valence-electron chi connectivity index (χ4n) is 4.81. The first-order valence-electron chi connectivity index (χ1n) is 13.3. The minimum atomic E-state index is -4.18. The van der Waals surface area contributed by atoms with Crippen molar-refractivity contribution in [1.29, 1.82) is 0 Å². The van der Waals surface area contributed by atoms with E-state index in [-0.39, 0.29) is 29.1 Å². The molecule has 218 valence electrons. The van der Waals surface area contributed by atoms with Crippen LogP contribution in [0.3, 0.4) is 0 Å². The molecule has 0 heterocycles. The maximum Gasteiger partial charge on any atom is 0.264 e. The van der Waals surface area contributed by atoms with Gasteiger partial charge in [-0.1, -0.05) is 77.5 Å². The van der Waals surface area contributed by atoms with Gasteiger partial charge >= 0.3 is 0 Å². The maximum absolute atomic E-state index is 14.0. The second kappa shape index (κ2) is 13.5. The third kappa shape index (κ3) is 7.74. The summed E-state index contributed by atoms with van der Waals surface area (Å²) in [7, 11) is -4.18. The van der Waals surface area contributed by atoms with Crippen molar-refractivity contribution in [3.8, 4) is 0 Å². The number of sulfonamides is 1. The molecule has 1 fully saturated rings. The van der Waals surface area contributed by atoms with Crippen molar-refractivity contribution in [1.82, 2.24) is 10.2 Å². The number of rotatable bonds is 10. The highest BCUT2D eigenvalue weighted by Gasteiger charge is 2.33. The summed E-state index contributed by atoms with van der Waals surface area (Å²) >= 11 is 18.5. The van der Waals surface area contributed by atoms with E-state index in [0.717, 1.165) is 35.6 Å². The van der Waals surface area contributed by atoms with Crippen LogP contribution in [0.5, 0.6) is 0 Å². The van der Waals surface area contributed by atoms with Crippen LogP contribution >= 0.6 is 34.8 Å². The predicted octanol–water partition coefficient (Wildman–Crippen LogP) is 6.63. The number of hydrogen-bond acceptors (Lipinski definition) is 4. The Balaban J connectivity index is 1.70. The number of halogens is 3. The van der Waals surface area contributed by atoms with E-state index in [4.69, 9.17) is 34.8 Å². The van der Waals surface area contributed by atoms with E-state index in [1.807, 2.05) is 6.92 Å². The van der Waals surface area contributed by atoms with Crippen LogP contribution in [0.1, 0.15) is 43.7 Å². The monoisotopic (exact) mass is 635 g/mol. The first kappa shape index (κ1) is 31.2. The van der Waals surface area contributed by atoms with Crippen molar-refractivity contribution in [2.75, 3.05) is 10.8 Å². The molecule has 4 rings (SSSR count). The van der Waals surface area contributed by atoms with Crippen LogP contribution < -0.4 is 9.62 Å². The minimum absolute atomic E-state index is 0.0168. The van der Waals surface area contributed by atoms with Gasteiger partial charge in [0.2, 0.25) is 11.8 Å². The summed E-state index contributed by atoms with van der Waals surface area (Å²) in [4.78, 5) is 28.7. The van der Waals surface area contributed by atoms with Gasteiger partial charge in [-0.3, -0.25) is 13.9 Å². The molecule has 2 amide bonds. The molecule has 41 heavy (non-hydrogen) atoms. The van der Waals surface area contributed by atoms with Gasteiger partial charge in [-0.25, -0.2) is 8.42 Å². The summed E-state index contributed by atoms with van der Waals surface area (Å²) in [5, 5.41) is 4.03. The lowest BCUT2D eigenvalue weighted by Gasteiger charge is -2.32. The molecule has 3 aromatic rings. The first-order valence-corrected chi connectivity index (χ1v) is 15.9. The van der Waals surface area contributed by atoms with E-state index in [0.29, 0.717) is 20.6 Å². The minimum Gasteiger partial charge on any atom is -0.352 e. The Morgan fingerprint density at radius 3 is 2.27 bits per heavy atom. The van der Waals surface area contributed by atoms with Crippen molar-refractivity contribution < 1.29 is 18.0 Å². The van der Waals surface area contributed by atoms with Crippen LogP contribution in [0.25, 0.3) is 0 Å². The molecular weight excluding hydrogens is 605 g/mol. The molecule has 0 aromatic heterocycles. The number of nitrogens with one attached hydrogen (secondary N) is 1. The van der Waals surface area contributed by atoms with Gasteiger partial charge in [-0.05, 0) is 74.7 Å². The van der Waals surface area contributed by atoms with Gasteiger partial charge < -0.3 is 10.2 Å². The summed E-state index contributed by atoms with van der Waals surface area (Å²) in [5.41, 5.74) is 1.76. The van der Waals surface area contributed by atoms with E-state index < -0.39 is 28.5 Å². The summed E-state index contributed by atoms with van der Waals surface area (Å²) in [6, 6.07) is 16.8. The van der Waals surface area contributed by atoms with Gasteiger partial charge in [-0.2, -0.15) is 0 Å². The molecule has 1 aliphatic carbocycles. The maximum atomic E-state index is 14.0. The van der Waals surface area contributed by atoms with Crippen LogP contribution in [-0.2, 0) is 26.2 Å². The average molecular weight is 637 g/mol. The molecule has 1 saturated carbocycles. The van der Waals surface area contributed by atoms with Gasteiger partial charge in [-0.15, -0.1) is 0 Å². The van der Waals surface area contributed by atoms with Gasteiger partial charge in [0.25, 0.3) is 10.0 Å². The normalized spacial score (nSPS) is 14.5. The number of benzene rings is 3. The summed E-state index contributed by atoms with van der Waals surface area (Å²) in [6.07, 6.45) is 3.85. The van der Waals surface area contributed by atoms with Gasteiger partial charge in [0.1, 0.15) is 12.6 Å². The molecule has 0 radical (unpaired) electrons. The third-order valence-corrected chi connectivity index (χ3v) is 9.95. The number of anilines is 1. The van der Waals surface area contributed by atoms with E-state index in [9.17, 15) is 18.0 Å². The van der Waals surface area contributed by atoms with Crippen molar-refractivity contribution >= 4 is 62.3 Å². The number of aryl methyl sites for hydroxylation is 1. The number of carbonyl (C=O) groups excluding carboxylic acids is 2. The zero-order valence-electron chi connectivity index (χ0n) is 22.8. The smallest absolute Gasteiger partial charge is 0.264 e. The second-order valence-corrected chi connectivity index (χ2v) is 13.4. The molecule has 0 spiro atoms. The van der Waals surface area contributed by atoms with Crippen LogP contribution in [-0.4, -0.2) is 43.8 Å². The first-order chi connectivity index (χ1) is 19.5. The third-order valence-electron chi connectivity index (χ3n) is 7.19. The molecule has 0 aliphatic heterocycles. The van der Waals surface area contributed by atoms with Crippen molar-refractivity contribution in [3.63, 3.8) is 0 Å². The van der Waals surface area contributed by atoms with Crippen molar-refractivity contribution in [2.45, 2.75) is 63.1 Å². The van der Waals surface area contributed by atoms with Crippen LogP contribution in [0, 0.1) is 6.92 Å². The van der Waals surface area contributed by atoms with Crippen LogP contribution in [0.4, 0.5) is 5.69 Å². The number of hydrogen-bond donors (Lipinski definition) is 1. The van der Waals surface area contributed by atoms with Gasteiger partial charge in [0, 0.05) is 17.6 Å². The van der Waals surface area contributed by atoms with Crippen LogP contribution in [0.15, 0.2) is 71.6 Å². The summed E-state index contributed by atoms with van der Waals surface area (Å²) < 4.78 is 28.8. The summed E-state index contributed by atoms with van der Waals surface area (Å²) in [5.74, 6) is -0.873. The number of amides is 2. The lowest BCUT2D eigenvalue weighted by molar-refractivity contribution is -0.139. The van der Waals surface area contributed by atoms with Crippen molar-refractivity contribution in [3.05, 3.63) is 92.9 Å². The van der Waals surface area contributed by atoms with Gasteiger partial charge in [0.05, 0.1) is 20.6 Å². The Morgan fingerprint density at radius 2 is 1.63 bits per heavy atom. The highest BCUT2D eigenvalue weighted by molar-refractivity contribution is 7.92. The molecule has 7 nitrogen and oxygen atoms in total. The lowest BCUT2D eigenvalue weighted by Crippen LogP contribution is -2.52. The molecular formula is C30H32Cl3N3O4S. The standard InChI is InChI=1S/C30H32Cl3N3O4S/c1-20-10-13-26(14-11-20)41(39,40)36(25-9-5-6-23(31)17-25)19-29(37)35(18-22-12-15-27(32)28(33)16-22)21(2)30(38)34-24-7-3-4-8-24/h5-6,9-17,21,24H,3-4,7-8,18-19H2,1-2H3,(H,34,38). The molecule has 11 heteroatoms. The predicted molar refractivity (Wildman–Crippen MR) is 164 cm³/mol. The molecule has 1 atom stereocenters. The Bertz CT molecular complexity index is 1510. The molecule has 1 aliphatic rings. The Labute approximate surface area is 256 Å². The zero-order chi connectivity index (χ0) is 29.7. The average Bonchev–Trinajstić information content (AvgIpc) is 3.45. The highest BCUT2D eigenvalue weighted by Crippen LogP contribution is 2.28. The Kier molecular flexibility index (Phi) is 10.2. The summed E-state index contributed by atoms with van der Waals surface area (Å²) in [6.45, 7) is 2.95. The quantitative estimate of drug-likeness (QED) is 0.271. The molecule has 3 aromatic carbocycles. The number of nitrogens with zero attached hydrogens (tertiary/aromatic N) is 2. The molecule has 1 N–H and O–H groups in total. The van der Waals surface area contributed by atoms with Gasteiger partial charge in [0.15, 0.2) is 0 Å². The SMILES string of the molecule is Cc1ccc(S(=O)(=O)N(CC(=O)N(Cc2ccc(Cl)c(Cl)c2)C(C)C(=O)NC2CCCC2)c2cccc(Cl)c2)cc1. The van der Waals surface area contributed by atoms with E-state index in [1.165, 1.54) is 23.1 Å². The topological polar surface area (TPSA) is 86.8 Å². The molecule has 0 bridgehead atoms. The van der Waals surface area contributed by atoms with E-state index >= 15 is 0 Å². The Hall–Kier alpha value is -2.78. The largest absolute Gasteiger partial charge is 0.352 e. The Morgan fingerprint density at radius 1 is 0.951 bits per heavy atom. The molecule has 1 unspecified atom stereocenters. The van der Waals surface area contributed by atoms with E-state index in [2.05, 4.69) is 5.32 Å². The number of carbonyl (C=O) groups is 2. The van der Waals surface area contributed by atoms with Crippen molar-refractivity contribution in [2.24, 2.45) is 0 Å². The highest BCUT2D eigenvalue weighted by atomic mass is 35.5. The fourth-order valence-corrected chi connectivity index (χ4v) is 6.72. The second-order valence-electron chi connectivity index (χ2n) is 10.2. The van der Waals surface area contributed by atoms with Crippen LogP contribution in [0.2, 0.25) is 15.1 Å². The zero-order valence-corrected chi connectivity index (χ0v) is 25.9. The van der Waals surface area contributed by atoms with E-state index in [1.54, 1.807) is 55.5 Å². The lowest BCUT2D eigenvalue weighted by atomic mass is 10.1. The fraction of sp³-hybridized carbons (Fsp3) is 0.333.